The van der Waals surface area contributed by atoms with E-state index >= 15 is 0 Å². The number of hydrogen-bond donors (Lipinski definition) is 0. The van der Waals surface area contributed by atoms with Crippen molar-refractivity contribution in [1.29, 1.82) is 0 Å². The van der Waals surface area contributed by atoms with E-state index in [1.165, 1.54) is 5.56 Å². The fraction of sp³-hybridized carbons (Fsp3) is 0.474. The third-order valence-electron chi connectivity index (χ3n) is 5.03. The lowest BCUT2D eigenvalue weighted by Gasteiger charge is -2.31. The van der Waals surface area contributed by atoms with E-state index in [0.717, 1.165) is 23.0 Å². The number of pyridine rings is 1. The number of aryl methyl sites for hydroxylation is 2. The molecule has 0 N–H and O–H groups in total. The fourth-order valence-corrected chi connectivity index (χ4v) is 4.89. The second-order valence-electron chi connectivity index (χ2n) is 6.82. The number of sulfone groups is 1. The molecule has 0 spiro atoms. The predicted molar refractivity (Wildman–Crippen MR) is 99.6 cm³/mol. The summed E-state index contributed by atoms with van der Waals surface area (Å²) in [5.74, 6) is 0.254. The van der Waals surface area contributed by atoms with Crippen LogP contribution in [-0.2, 0) is 16.3 Å². The molecule has 3 rings (SSSR count). The number of nitrogens with zero attached hydrogens (tertiary/aromatic N) is 2. The van der Waals surface area contributed by atoms with Crippen LogP contribution in [0.5, 0.6) is 0 Å². The Kier molecular flexibility index (Phi) is 4.82. The number of fused-ring (bicyclic) bond motifs is 1. The van der Waals surface area contributed by atoms with Gasteiger partial charge in [0.05, 0.1) is 22.6 Å². The van der Waals surface area contributed by atoms with Crippen LogP contribution in [0.1, 0.15) is 41.4 Å². The highest BCUT2D eigenvalue weighted by atomic mass is 32.2. The largest absolute Gasteiger partial charge is 0.339 e. The number of carbonyl (C=O) groups is 1. The van der Waals surface area contributed by atoms with E-state index in [-0.39, 0.29) is 23.5 Å². The molecule has 1 aromatic heterocycles. The molecule has 1 saturated heterocycles. The Bertz CT molecular complexity index is 908. The highest BCUT2D eigenvalue weighted by molar-refractivity contribution is 7.91. The van der Waals surface area contributed by atoms with Gasteiger partial charge in [-0.3, -0.25) is 9.78 Å². The Labute approximate surface area is 149 Å². The van der Waals surface area contributed by atoms with Gasteiger partial charge in [-0.1, -0.05) is 13.0 Å². The summed E-state index contributed by atoms with van der Waals surface area (Å²) in [7, 11) is -1.16. The highest BCUT2D eigenvalue weighted by Gasteiger charge is 2.29. The Morgan fingerprint density at radius 3 is 2.56 bits per heavy atom. The molecule has 1 aliphatic heterocycles. The first-order valence-corrected chi connectivity index (χ1v) is 10.5. The van der Waals surface area contributed by atoms with Crippen molar-refractivity contribution in [2.45, 2.75) is 39.2 Å². The van der Waals surface area contributed by atoms with Crippen LogP contribution in [0.4, 0.5) is 0 Å². The standard InChI is InChI=1S/C19H24N2O3S/c1-4-14-5-6-18-16(12-14)17(11-13(2)20-18)19(22)21(3)15-7-9-25(23,24)10-8-15/h5-6,11-12,15H,4,7-10H2,1-3H3. The van der Waals surface area contributed by atoms with Gasteiger partial charge in [-0.25, -0.2) is 8.42 Å². The monoisotopic (exact) mass is 360 g/mol. The van der Waals surface area contributed by atoms with Crippen LogP contribution in [-0.4, -0.2) is 48.8 Å². The summed E-state index contributed by atoms with van der Waals surface area (Å²) >= 11 is 0. The Morgan fingerprint density at radius 1 is 1.24 bits per heavy atom. The molecule has 2 heterocycles. The van der Waals surface area contributed by atoms with E-state index < -0.39 is 9.84 Å². The van der Waals surface area contributed by atoms with Crippen molar-refractivity contribution in [3.8, 4) is 0 Å². The van der Waals surface area contributed by atoms with E-state index in [1.807, 2.05) is 31.2 Å². The van der Waals surface area contributed by atoms with Crippen molar-refractivity contribution in [3.63, 3.8) is 0 Å². The Hall–Kier alpha value is -1.95. The first-order chi connectivity index (χ1) is 11.8. The van der Waals surface area contributed by atoms with Crippen molar-refractivity contribution in [1.82, 2.24) is 9.88 Å². The SMILES string of the molecule is CCc1ccc2nc(C)cc(C(=O)N(C)C3CCS(=O)(=O)CC3)c2c1. The van der Waals surface area contributed by atoms with Crippen LogP contribution in [0.3, 0.4) is 0 Å². The third kappa shape index (κ3) is 3.68. The summed E-state index contributed by atoms with van der Waals surface area (Å²) in [5.41, 5.74) is 3.44. The summed E-state index contributed by atoms with van der Waals surface area (Å²) in [5, 5.41) is 0.866. The predicted octanol–water partition coefficient (Wildman–Crippen LogP) is 2.75. The average Bonchev–Trinajstić information content (AvgIpc) is 2.59. The molecule has 6 heteroatoms. The molecule has 1 aliphatic rings. The van der Waals surface area contributed by atoms with Crippen molar-refractivity contribution >= 4 is 26.6 Å². The van der Waals surface area contributed by atoms with Gasteiger partial charge in [0.1, 0.15) is 9.84 Å². The zero-order valence-corrected chi connectivity index (χ0v) is 15.8. The Morgan fingerprint density at radius 2 is 1.92 bits per heavy atom. The van der Waals surface area contributed by atoms with Crippen LogP contribution in [0.25, 0.3) is 10.9 Å². The lowest BCUT2D eigenvalue weighted by atomic mass is 10.0. The zero-order chi connectivity index (χ0) is 18.2. The smallest absolute Gasteiger partial charge is 0.254 e. The van der Waals surface area contributed by atoms with Gasteiger partial charge in [0.25, 0.3) is 5.91 Å². The first-order valence-electron chi connectivity index (χ1n) is 8.68. The van der Waals surface area contributed by atoms with Gasteiger partial charge in [-0.15, -0.1) is 0 Å². The molecule has 0 radical (unpaired) electrons. The number of amides is 1. The van der Waals surface area contributed by atoms with E-state index in [4.69, 9.17) is 0 Å². The molecule has 134 valence electrons. The van der Waals surface area contributed by atoms with Crippen LogP contribution in [0.2, 0.25) is 0 Å². The maximum Gasteiger partial charge on any atom is 0.254 e. The molecule has 0 bridgehead atoms. The topological polar surface area (TPSA) is 67.3 Å². The average molecular weight is 360 g/mol. The summed E-state index contributed by atoms with van der Waals surface area (Å²) in [6.45, 7) is 3.97. The van der Waals surface area contributed by atoms with Crippen LogP contribution < -0.4 is 0 Å². The van der Waals surface area contributed by atoms with Gasteiger partial charge in [0.2, 0.25) is 0 Å². The molecule has 1 fully saturated rings. The molecule has 5 nitrogen and oxygen atoms in total. The fourth-order valence-electron chi connectivity index (χ4n) is 3.42. The number of hydrogen-bond acceptors (Lipinski definition) is 4. The highest BCUT2D eigenvalue weighted by Crippen LogP contribution is 2.24. The number of carbonyl (C=O) groups excluding carboxylic acids is 1. The molecule has 0 aliphatic carbocycles. The quantitative estimate of drug-likeness (QED) is 0.844. The maximum atomic E-state index is 13.1. The Balaban J connectivity index is 1.96. The number of benzene rings is 1. The molecule has 2 aromatic rings. The van der Waals surface area contributed by atoms with Crippen molar-refractivity contribution in [2.75, 3.05) is 18.6 Å². The van der Waals surface area contributed by atoms with Crippen molar-refractivity contribution in [2.24, 2.45) is 0 Å². The van der Waals surface area contributed by atoms with Crippen LogP contribution in [0.15, 0.2) is 24.3 Å². The third-order valence-corrected chi connectivity index (χ3v) is 6.75. The molecule has 25 heavy (non-hydrogen) atoms. The van der Waals surface area contributed by atoms with Gasteiger partial charge >= 0.3 is 0 Å². The van der Waals surface area contributed by atoms with E-state index in [9.17, 15) is 13.2 Å². The van der Waals surface area contributed by atoms with E-state index in [1.54, 1.807) is 11.9 Å². The summed E-state index contributed by atoms with van der Waals surface area (Å²) in [6.07, 6.45) is 1.91. The second-order valence-corrected chi connectivity index (χ2v) is 9.12. The lowest BCUT2D eigenvalue weighted by Crippen LogP contribution is -2.42. The van der Waals surface area contributed by atoms with Crippen molar-refractivity contribution in [3.05, 3.63) is 41.1 Å². The minimum atomic E-state index is -2.94. The molecule has 0 unspecified atom stereocenters. The van der Waals surface area contributed by atoms with Gasteiger partial charge in [0.15, 0.2) is 0 Å². The van der Waals surface area contributed by atoms with E-state index in [2.05, 4.69) is 11.9 Å². The number of rotatable bonds is 3. The minimum absolute atomic E-state index is 0.0334. The maximum absolute atomic E-state index is 13.1. The van der Waals surface area contributed by atoms with E-state index in [0.29, 0.717) is 18.4 Å². The second kappa shape index (κ2) is 6.75. The summed E-state index contributed by atoms with van der Waals surface area (Å²) in [4.78, 5) is 19.4. The summed E-state index contributed by atoms with van der Waals surface area (Å²) < 4.78 is 23.3. The van der Waals surface area contributed by atoms with Crippen molar-refractivity contribution < 1.29 is 13.2 Å². The normalized spacial score (nSPS) is 17.6. The van der Waals surface area contributed by atoms with Gasteiger partial charge in [-0.05, 0) is 49.9 Å². The molecule has 1 aromatic carbocycles. The van der Waals surface area contributed by atoms with Gasteiger partial charge < -0.3 is 4.90 Å². The molecular formula is C19H24N2O3S. The first kappa shape index (κ1) is 17.9. The molecule has 1 amide bonds. The minimum Gasteiger partial charge on any atom is -0.339 e. The molecule has 0 atom stereocenters. The molecule has 0 saturated carbocycles. The summed E-state index contributed by atoms with van der Waals surface area (Å²) in [6, 6.07) is 7.84. The van der Waals surface area contributed by atoms with Crippen LogP contribution >= 0.6 is 0 Å². The molecular weight excluding hydrogens is 336 g/mol. The number of aromatic nitrogens is 1. The van der Waals surface area contributed by atoms with Crippen LogP contribution in [0, 0.1) is 6.92 Å². The van der Waals surface area contributed by atoms with Gasteiger partial charge in [-0.2, -0.15) is 0 Å². The lowest BCUT2D eigenvalue weighted by molar-refractivity contribution is 0.0723. The van der Waals surface area contributed by atoms with Gasteiger partial charge in [0, 0.05) is 24.2 Å². The zero-order valence-electron chi connectivity index (χ0n) is 14.9.